The predicted octanol–water partition coefficient (Wildman–Crippen LogP) is 3.47. The van der Waals surface area contributed by atoms with Gasteiger partial charge in [-0.25, -0.2) is 0 Å². The number of nitrogens with two attached hydrogens (primary N) is 1. The van der Waals surface area contributed by atoms with Crippen LogP contribution in [0.2, 0.25) is 0 Å². The maximum Gasteiger partial charge on any atom is 0.122 e. The third-order valence-corrected chi connectivity index (χ3v) is 3.17. The van der Waals surface area contributed by atoms with Gasteiger partial charge in [0.25, 0.3) is 0 Å². The molecule has 19 heavy (non-hydrogen) atoms. The van der Waals surface area contributed by atoms with E-state index in [-0.39, 0.29) is 0 Å². The first-order valence-corrected chi connectivity index (χ1v) is 6.22. The van der Waals surface area contributed by atoms with Gasteiger partial charge in [-0.3, -0.25) is 0 Å². The van der Waals surface area contributed by atoms with Crippen LogP contribution in [0.4, 0.5) is 5.69 Å². The zero-order chi connectivity index (χ0) is 13.8. The largest absolute Gasteiger partial charge is 0.497 e. The van der Waals surface area contributed by atoms with E-state index in [9.17, 15) is 0 Å². The fourth-order valence-corrected chi connectivity index (χ4v) is 1.93. The summed E-state index contributed by atoms with van der Waals surface area (Å²) in [5.74, 6) is 1.65. The van der Waals surface area contributed by atoms with Crippen LogP contribution < -0.4 is 15.2 Å². The normalized spacial score (nSPS) is 10.3. The first-order valence-electron chi connectivity index (χ1n) is 6.22. The lowest BCUT2D eigenvalue weighted by molar-refractivity contribution is 0.303. The summed E-state index contributed by atoms with van der Waals surface area (Å²) in [6.07, 6.45) is 0. The van der Waals surface area contributed by atoms with E-state index in [1.807, 2.05) is 24.3 Å². The molecule has 3 nitrogen and oxygen atoms in total. The van der Waals surface area contributed by atoms with E-state index >= 15 is 0 Å². The summed E-state index contributed by atoms with van der Waals surface area (Å²) in [6.45, 7) is 4.61. The number of aryl methyl sites for hydroxylation is 1. The van der Waals surface area contributed by atoms with Crippen LogP contribution in [-0.4, -0.2) is 7.11 Å². The van der Waals surface area contributed by atoms with Crippen LogP contribution in [0.1, 0.15) is 16.7 Å². The number of benzene rings is 2. The Labute approximate surface area is 114 Å². The summed E-state index contributed by atoms with van der Waals surface area (Å²) in [5.41, 5.74) is 9.89. The molecular formula is C16H19NO2. The molecule has 0 aliphatic heterocycles. The first-order chi connectivity index (χ1) is 9.10. The van der Waals surface area contributed by atoms with Gasteiger partial charge in [0.1, 0.15) is 18.1 Å². The Kier molecular flexibility index (Phi) is 3.95. The van der Waals surface area contributed by atoms with Crippen LogP contribution in [0.3, 0.4) is 0 Å². The smallest absolute Gasteiger partial charge is 0.122 e. The van der Waals surface area contributed by atoms with Gasteiger partial charge in [0, 0.05) is 11.8 Å². The Bertz CT molecular complexity index is 579. The van der Waals surface area contributed by atoms with Crippen molar-refractivity contribution in [2.24, 2.45) is 0 Å². The molecular weight excluding hydrogens is 238 g/mol. The maximum atomic E-state index is 5.85. The average molecular weight is 257 g/mol. The molecule has 100 valence electrons. The van der Waals surface area contributed by atoms with Crippen LogP contribution in [0.15, 0.2) is 36.4 Å². The molecule has 0 aliphatic carbocycles. The Morgan fingerprint density at radius 1 is 1.11 bits per heavy atom. The molecule has 0 spiro atoms. The minimum Gasteiger partial charge on any atom is -0.497 e. The van der Waals surface area contributed by atoms with Crippen molar-refractivity contribution in [2.45, 2.75) is 20.5 Å². The number of hydrogen-bond acceptors (Lipinski definition) is 3. The van der Waals surface area contributed by atoms with Gasteiger partial charge in [0.2, 0.25) is 0 Å². The van der Waals surface area contributed by atoms with Gasteiger partial charge in [-0.1, -0.05) is 12.1 Å². The third kappa shape index (κ3) is 3.19. The second-order valence-corrected chi connectivity index (χ2v) is 4.60. The quantitative estimate of drug-likeness (QED) is 0.853. The highest BCUT2D eigenvalue weighted by Crippen LogP contribution is 2.23. The standard InChI is InChI=1S/C16H19NO2/c1-11-5-4-6-16(12(11)2)19-10-13-7-14(17)9-15(8-13)18-3/h4-9H,10,17H2,1-3H3. The number of nitrogen functional groups attached to an aromatic ring is 1. The molecule has 0 saturated carbocycles. The van der Waals surface area contributed by atoms with E-state index in [2.05, 4.69) is 19.9 Å². The molecule has 2 N–H and O–H groups in total. The van der Waals surface area contributed by atoms with Gasteiger partial charge in [0.05, 0.1) is 7.11 Å². The molecule has 0 amide bonds. The van der Waals surface area contributed by atoms with Crippen LogP contribution in [-0.2, 0) is 6.61 Å². The number of hydrogen-bond donors (Lipinski definition) is 1. The average Bonchev–Trinajstić information content (AvgIpc) is 2.40. The molecule has 0 atom stereocenters. The van der Waals surface area contributed by atoms with Crippen LogP contribution >= 0.6 is 0 Å². The Morgan fingerprint density at radius 3 is 2.63 bits per heavy atom. The summed E-state index contributed by atoms with van der Waals surface area (Å²) in [6, 6.07) is 11.7. The van der Waals surface area contributed by atoms with Crippen LogP contribution in [0.25, 0.3) is 0 Å². The van der Waals surface area contributed by atoms with Gasteiger partial charge < -0.3 is 15.2 Å². The lowest BCUT2D eigenvalue weighted by atomic mass is 10.1. The molecule has 2 aromatic carbocycles. The molecule has 3 heteroatoms. The van der Waals surface area contributed by atoms with Gasteiger partial charge >= 0.3 is 0 Å². The van der Waals surface area contributed by atoms with Crippen molar-refractivity contribution in [3.8, 4) is 11.5 Å². The fraction of sp³-hybridized carbons (Fsp3) is 0.250. The Hall–Kier alpha value is -2.16. The molecule has 0 bridgehead atoms. The predicted molar refractivity (Wildman–Crippen MR) is 77.7 cm³/mol. The van der Waals surface area contributed by atoms with Crippen molar-refractivity contribution < 1.29 is 9.47 Å². The van der Waals surface area contributed by atoms with Crippen LogP contribution in [0, 0.1) is 13.8 Å². The summed E-state index contributed by atoms with van der Waals surface area (Å²) in [5, 5.41) is 0. The molecule has 0 heterocycles. The molecule has 0 fully saturated rings. The molecule has 2 aromatic rings. The monoisotopic (exact) mass is 257 g/mol. The highest BCUT2D eigenvalue weighted by molar-refractivity contribution is 5.47. The van der Waals surface area contributed by atoms with Gasteiger partial charge in [0.15, 0.2) is 0 Å². The molecule has 0 aliphatic rings. The third-order valence-electron chi connectivity index (χ3n) is 3.17. The van der Waals surface area contributed by atoms with E-state index in [4.69, 9.17) is 15.2 Å². The van der Waals surface area contributed by atoms with E-state index in [1.165, 1.54) is 11.1 Å². The van der Waals surface area contributed by atoms with Crippen molar-refractivity contribution in [2.75, 3.05) is 12.8 Å². The SMILES string of the molecule is COc1cc(N)cc(COc2cccc(C)c2C)c1. The zero-order valence-corrected chi connectivity index (χ0v) is 11.6. The molecule has 2 rings (SSSR count). The van der Waals surface area contributed by atoms with Crippen molar-refractivity contribution in [3.05, 3.63) is 53.1 Å². The Balaban J connectivity index is 2.14. The second kappa shape index (κ2) is 5.65. The molecule has 0 radical (unpaired) electrons. The number of rotatable bonds is 4. The van der Waals surface area contributed by atoms with Gasteiger partial charge in [-0.2, -0.15) is 0 Å². The number of ether oxygens (including phenoxy) is 2. The second-order valence-electron chi connectivity index (χ2n) is 4.60. The Morgan fingerprint density at radius 2 is 1.89 bits per heavy atom. The topological polar surface area (TPSA) is 44.5 Å². The van der Waals surface area contributed by atoms with Crippen LogP contribution in [0.5, 0.6) is 11.5 Å². The highest BCUT2D eigenvalue weighted by atomic mass is 16.5. The summed E-state index contributed by atoms with van der Waals surface area (Å²) >= 11 is 0. The summed E-state index contributed by atoms with van der Waals surface area (Å²) in [4.78, 5) is 0. The lowest BCUT2D eigenvalue weighted by Crippen LogP contribution is -1.99. The minimum absolute atomic E-state index is 0.478. The van der Waals surface area contributed by atoms with Crippen molar-refractivity contribution in [1.82, 2.24) is 0 Å². The first kappa shape index (κ1) is 13.3. The lowest BCUT2D eigenvalue weighted by Gasteiger charge is -2.12. The molecule has 0 unspecified atom stereocenters. The fourth-order valence-electron chi connectivity index (χ4n) is 1.93. The van der Waals surface area contributed by atoms with E-state index < -0.39 is 0 Å². The minimum atomic E-state index is 0.478. The zero-order valence-electron chi connectivity index (χ0n) is 11.6. The van der Waals surface area contributed by atoms with Crippen molar-refractivity contribution in [3.63, 3.8) is 0 Å². The van der Waals surface area contributed by atoms with Gasteiger partial charge in [-0.15, -0.1) is 0 Å². The van der Waals surface area contributed by atoms with E-state index in [0.717, 1.165) is 17.1 Å². The number of methoxy groups -OCH3 is 1. The molecule has 0 aromatic heterocycles. The number of anilines is 1. The van der Waals surface area contributed by atoms with E-state index in [1.54, 1.807) is 13.2 Å². The highest BCUT2D eigenvalue weighted by Gasteiger charge is 2.04. The molecule has 0 saturated heterocycles. The summed E-state index contributed by atoms with van der Waals surface area (Å²) < 4.78 is 11.0. The maximum absolute atomic E-state index is 5.85. The van der Waals surface area contributed by atoms with Crippen molar-refractivity contribution in [1.29, 1.82) is 0 Å². The van der Waals surface area contributed by atoms with Crippen molar-refractivity contribution >= 4 is 5.69 Å². The summed E-state index contributed by atoms with van der Waals surface area (Å²) in [7, 11) is 1.63. The van der Waals surface area contributed by atoms with Gasteiger partial charge in [-0.05, 0) is 48.7 Å². The van der Waals surface area contributed by atoms with E-state index in [0.29, 0.717) is 12.3 Å².